The van der Waals surface area contributed by atoms with E-state index in [1.807, 2.05) is 0 Å². The summed E-state index contributed by atoms with van der Waals surface area (Å²) in [6, 6.07) is 3.46. The molecule has 13 heteroatoms. The summed E-state index contributed by atoms with van der Waals surface area (Å²) in [5, 5.41) is 3.22. The predicted molar refractivity (Wildman–Crippen MR) is 141 cm³/mol. The number of hydrogen-bond donors (Lipinski definition) is 1. The van der Waals surface area contributed by atoms with Gasteiger partial charge in [0, 0.05) is 63.1 Å². The fraction of sp³-hybridized carbons (Fsp3) is 0.615. The van der Waals surface area contributed by atoms with Crippen LogP contribution in [0.1, 0.15) is 44.6 Å². The molecule has 1 N–H and O–H groups in total. The van der Waals surface area contributed by atoms with Gasteiger partial charge in [-0.25, -0.2) is 26.0 Å². The Bertz CT molecular complexity index is 1210. The van der Waals surface area contributed by atoms with Crippen molar-refractivity contribution < 1.29 is 35.6 Å². The summed E-state index contributed by atoms with van der Waals surface area (Å²) in [5.74, 6) is -6.43. The normalized spacial score (nSPS) is 26.0. The first-order valence-electron chi connectivity index (χ1n) is 12.7. The average Bonchev–Trinajstić information content (AvgIpc) is 3.10. The molecular formula is C26H34ClF4N3O4S. The molecule has 1 aromatic carbocycles. The van der Waals surface area contributed by atoms with E-state index in [9.17, 15) is 31.2 Å². The lowest BCUT2D eigenvalue weighted by Crippen LogP contribution is -2.47. The third-order valence-corrected chi connectivity index (χ3v) is 8.12. The lowest BCUT2D eigenvalue weighted by Gasteiger charge is -2.28. The first kappa shape index (κ1) is 31.3. The van der Waals surface area contributed by atoms with Gasteiger partial charge in [-0.1, -0.05) is 29.8 Å². The molecule has 0 spiro atoms. The number of benzene rings is 1. The van der Waals surface area contributed by atoms with Gasteiger partial charge in [0.05, 0.1) is 17.5 Å². The van der Waals surface area contributed by atoms with Gasteiger partial charge in [0.1, 0.15) is 5.82 Å². The molecule has 2 saturated heterocycles. The number of rotatable bonds is 8. The van der Waals surface area contributed by atoms with Gasteiger partial charge >= 0.3 is 0 Å². The van der Waals surface area contributed by atoms with Crippen molar-refractivity contribution in [1.82, 2.24) is 15.1 Å². The van der Waals surface area contributed by atoms with Crippen LogP contribution < -0.4 is 5.32 Å². The summed E-state index contributed by atoms with van der Waals surface area (Å²) in [6.07, 6.45) is 1.98. The molecule has 0 saturated carbocycles. The zero-order valence-corrected chi connectivity index (χ0v) is 23.7. The number of carbonyl (C=O) groups excluding carboxylic acids is 2. The second-order valence-electron chi connectivity index (χ2n) is 10.7. The van der Waals surface area contributed by atoms with E-state index < -0.39 is 63.5 Å². The zero-order valence-electron chi connectivity index (χ0n) is 22.1. The van der Waals surface area contributed by atoms with Gasteiger partial charge in [-0.05, 0) is 31.4 Å². The van der Waals surface area contributed by atoms with Crippen molar-refractivity contribution in [3.05, 3.63) is 46.1 Å². The maximum atomic E-state index is 15.7. The number of nitrogens with zero attached hydrogens (tertiary/aromatic N) is 2. The van der Waals surface area contributed by atoms with Crippen molar-refractivity contribution >= 4 is 33.3 Å². The molecule has 2 heterocycles. The molecule has 0 aliphatic carbocycles. The maximum Gasteiger partial charge on any atom is 0.258 e. The Kier molecular flexibility index (Phi) is 9.76. The van der Waals surface area contributed by atoms with Crippen molar-refractivity contribution in [2.24, 2.45) is 5.92 Å². The molecule has 0 bridgehead atoms. The van der Waals surface area contributed by atoms with Crippen LogP contribution in [0.15, 0.2) is 29.7 Å². The molecule has 0 radical (unpaired) electrons. The topological polar surface area (TPSA) is 86.8 Å². The molecule has 0 unspecified atom stereocenters. The highest BCUT2D eigenvalue weighted by Crippen LogP contribution is 2.39. The van der Waals surface area contributed by atoms with Gasteiger partial charge in [-0.2, -0.15) is 0 Å². The number of likely N-dealkylation sites (tertiary alicyclic amines) is 2. The summed E-state index contributed by atoms with van der Waals surface area (Å²) in [5.41, 5.74) is -1.93. The van der Waals surface area contributed by atoms with Crippen molar-refractivity contribution in [1.29, 1.82) is 0 Å². The minimum atomic E-state index is -3.41. The fourth-order valence-corrected chi connectivity index (χ4v) is 5.99. The number of hydrogen-bond acceptors (Lipinski definition) is 5. The summed E-state index contributed by atoms with van der Waals surface area (Å²) >= 11 is 6.20. The third kappa shape index (κ3) is 8.40. The van der Waals surface area contributed by atoms with Crippen LogP contribution in [0.2, 0.25) is 5.02 Å². The van der Waals surface area contributed by atoms with Gasteiger partial charge in [-0.3, -0.25) is 14.5 Å². The Morgan fingerprint density at radius 1 is 1.26 bits per heavy atom. The zero-order chi connectivity index (χ0) is 29.2. The molecule has 2 fully saturated rings. The van der Waals surface area contributed by atoms with Crippen molar-refractivity contribution in [2.75, 3.05) is 39.0 Å². The second kappa shape index (κ2) is 12.1. The van der Waals surface area contributed by atoms with Crippen molar-refractivity contribution in [3.63, 3.8) is 0 Å². The van der Waals surface area contributed by atoms with E-state index in [4.69, 9.17) is 11.6 Å². The van der Waals surface area contributed by atoms with Crippen molar-refractivity contribution in [2.45, 2.75) is 56.7 Å². The lowest BCUT2D eigenvalue weighted by atomic mass is 9.87. The average molecular weight is 596 g/mol. The minimum Gasteiger partial charge on any atom is -0.347 e. The van der Waals surface area contributed by atoms with Gasteiger partial charge in [0.25, 0.3) is 11.8 Å². The van der Waals surface area contributed by atoms with Gasteiger partial charge < -0.3 is 10.2 Å². The molecular weight excluding hydrogens is 562 g/mol. The number of nitrogens with one attached hydrogen (secondary N) is 1. The summed E-state index contributed by atoms with van der Waals surface area (Å²) < 4.78 is 80.2. The van der Waals surface area contributed by atoms with Crippen LogP contribution in [-0.4, -0.2) is 86.6 Å². The molecule has 1 aromatic rings. The predicted octanol–water partition coefficient (Wildman–Crippen LogP) is 3.93. The number of alkyl halides is 3. The lowest BCUT2D eigenvalue weighted by molar-refractivity contribution is -0.137. The molecule has 4 atom stereocenters. The third-order valence-electron chi connectivity index (χ3n) is 7.07. The molecule has 0 aromatic heterocycles. The van der Waals surface area contributed by atoms with E-state index in [0.717, 1.165) is 18.6 Å². The van der Waals surface area contributed by atoms with Crippen LogP contribution in [0, 0.1) is 11.7 Å². The Morgan fingerprint density at radius 2 is 1.95 bits per heavy atom. The minimum absolute atomic E-state index is 0.00170. The van der Waals surface area contributed by atoms with Gasteiger partial charge in [0.2, 0.25) is 5.91 Å². The molecule has 2 aliphatic heterocycles. The van der Waals surface area contributed by atoms with E-state index in [1.54, 1.807) is 6.07 Å². The summed E-state index contributed by atoms with van der Waals surface area (Å²) in [4.78, 5) is 29.3. The van der Waals surface area contributed by atoms with E-state index >= 15 is 4.39 Å². The molecule has 7 nitrogen and oxygen atoms in total. The first-order chi connectivity index (χ1) is 18.0. The standard InChI is InChI=1S/C26H34ClF4N3O4S/c1-17(8-13-39(3,37)38)32-24(36)26(31)9-5-11-34(12-10-26)23(35)20-15-33(16-25(2,29)30)14-19(20)18-6-4-7-21(28)22(18)27/h4,6-8,13,17,19-20H,5,9-12,14-16H2,1-3H3,(H,32,36)/b13-8-/t17-,19-,20-,26-/m1/s1. The fourth-order valence-electron chi connectivity index (χ4n) is 5.21. The molecule has 3 rings (SSSR count). The largest absolute Gasteiger partial charge is 0.347 e. The Morgan fingerprint density at radius 3 is 2.59 bits per heavy atom. The van der Waals surface area contributed by atoms with Crippen LogP contribution in [0.5, 0.6) is 0 Å². The monoisotopic (exact) mass is 595 g/mol. The Balaban J connectivity index is 1.75. The molecule has 218 valence electrons. The van der Waals surface area contributed by atoms with E-state index in [2.05, 4.69) is 5.32 Å². The van der Waals surface area contributed by atoms with Crippen LogP contribution >= 0.6 is 11.6 Å². The van der Waals surface area contributed by atoms with E-state index in [-0.39, 0.29) is 50.5 Å². The van der Waals surface area contributed by atoms with Gasteiger partial charge in [-0.15, -0.1) is 0 Å². The first-order valence-corrected chi connectivity index (χ1v) is 15.0. The molecule has 39 heavy (non-hydrogen) atoms. The van der Waals surface area contributed by atoms with Crippen LogP contribution in [0.25, 0.3) is 0 Å². The smallest absolute Gasteiger partial charge is 0.258 e. The SMILES string of the molecule is C[C@H](/C=C\S(C)(=O)=O)NC(=O)[C@@]1(F)CCCN(C(=O)[C@@H]2CN(CC(C)(F)F)C[C@@H]2c2cccc(F)c2Cl)CC1. The van der Waals surface area contributed by atoms with Crippen LogP contribution in [-0.2, 0) is 19.4 Å². The Labute approximate surface area is 231 Å². The second-order valence-corrected chi connectivity index (χ2v) is 13.0. The van der Waals surface area contributed by atoms with Crippen LogP contribution in [0.3, 0.4) is 0 Å². The number of halogens is 5. The number of sulfone groups is 1. The highest BCUT2D eigenvalue weighted by Gasteiger charge is 2.46. The van der Waals surface area contributed by atoms with Crippen molar-refractivity contribution in [3.8, 4) is 0 Å². The maximum absolute atomic E-state index is 15.7. The van der Waals surface area contributed by atoms with Gasteiger partial charge in [0.15, 0.2) is 15.5 Å². The highest BCUT2D eigenvalue weighted by molar-refractivity contribution is 7.93. The number of amides is 2. The quantitative estimate of drug-likeness (QED) is 0.460. The van der Waals surface area contributed by atoms with E-state index in [0.29, 0.717) is 5.56 Å². The summed E-state index contributed by atoms with van der Waals surface area (Å²) in [6.45, 7) is 1.86. The molecule has 2 aliphatic rings. The van der Waals surface area contributed by atoms with E-state index in [1.165, 1.54) is 34.9 Å². The molecule has 2 amide bonds. The Hall–Kier alpha value is -2.18. The number of carbonyl (C=O) groups is 2. The van der Waals surface area contributed by atoms with Crippen LogP contribution in [0.4, 0.5) is 17.6 Å². The highest BCUT2D eigenvalue weighted by atomic mass is 35.5. The summed E-state index contributed by atoms with van der Waals surface area (Å²) in [7, 11) is -3.41.